The molecule has 6 heteroatoms. The van der Waals surface area contributed by atoms with Gasteiger partial charge in [-0.25, -0.2) is 4.39 Å². The fourth-order valence-corrected chi connectivity index (χ4v) is 1.45. The summed E-state index contributed by atoms with van der Waals surface area (Å²) in [7, 11) is 0. The minimum absolute atomic E-state index is 0.275. The first-order valence-electron chi connectivity index (χ1n) is 5.59. The molecule has 98 valence electrons. The Morgan fingerprint density at radius 3 is 2.58 bits per heavy atom. The molecule has 2 rings (SSSR count). The zero-order valence-electron chi connectivity index (χ0n) is 10.3. The fraction of sp³-hybridized carbons (Fsp3) is 0.0769. The number of aromatic amines is 1. The Bertz CT molecular complexity index is 603. The molecule has 0 spiro atoms. The van der Waals surface area contributed by atoms with E-state index in [1.54, 1.807) is 25.1 Å². The number of nitrogens with zero attached hydrogens (tertiary/aromatic N) is 1. The number of H-pyrrole nitrogens is 1. The highest BCUT2D eigenvalue weighted by atomic mass is 19.1. The number of aryl methyl sites for hydroxylation is 1. The number of hydrogen-bond donors (Lipinski definition) is 3. The number of amides is 1. The third kappa shape index (κ3) is 3.19. The molecule has 0 bridgehead atoms. The Morgan fingerprint density at radius 2 is 2.00 bits per heavy atom. The molecule has 1 aromatic carbocycles. The lowest BCUT2D eigenvalue weighted by atomic mass is 10.2. The van der Waals surface area contributed by atoms with Crippen molar-refractivity contribution >= 4 is 11.6 Å². The molecule has 0 aliphatic heterocycles. The van der Waals surface area contributed by atoms with E-state index in [-0.39, 0.29) is 17.4 Å². The van der Waals surface area contributed by atoms with Crippen LogP contribution in [0.25, 0.3) is 5.70 Å². The monoisotopic (exact) mass is 260 g/mol. The molecule has 2 aromatic rings. The van der Waals surface area contributed by atoms with Gasteiger partial charge in [-0.15, -0.1) is 0 Å². The molecule has 0 saturated heterocycles. The number of nitrogens with one attached hydrogen (secondary N) is 3. The van der Waals surface area contributed by atoms with Crippen LogP contribution in [-0.4, -0.2) is 16.1 Å². The topological polar surface area (TPSA) is 69.8 Å². The summed E-state index contributed by atoms with van der Waals surface area (Å²) < 4.78 is 12.8. The van der Waals surface area contributed by atoms with Crippen LogP contribution in [0.2, 0.25) is 0 Å². The summed E-state index contributed by atoms with van der Waals surface area (Å²) in [5.74, 6) is -0.708. The number of hydrazine groups is 1. The first-order chi connectivity index (χ1) is 9.06. The summed E-state index contributed by atoms with van der Waals surface area (Å²) >= 11 is 0. The van der Waals surface area contributed by atoms with E-state index in [4.69, 9.17) is 0 Å². The van der Waals surface area contributed by atoms with Crippen LogP contribution < -0.4 is 10.9 Å². The van der Waals surface area contributed by atoms with Crippen LogP contribution >= 0.6 is 0 Å². The van der Waals surface area contributed by atoms with E-state index in [1.807, 2.05) is 0 Å². The van der Waals surface area contributed by atoms with Gasteiger partial charge in [-0.2, -0.15) is 5.10 Å². The Kier molecular flexibility index (Phi) is 3.61. The molecule has 0 fully saturated rings. The van der Waals surface area contributed by atoms with Crippen LogP contribution in [0.4, 0.5) is 4.39 Å². The van der Waals surface area contributed by atoms with Crippen LogP contribution in [-0.2, 0) is 0 Å². The maximum absolute atomic E-state index is 12.8. The standard InChI is InChI=1S/C13H13FN4O/c1-8-7-12(17-15-8)13(19)18-16-9(2)10-3-5-11(14)6-4-10/h3-7,16H,2H2,1H3,(H,15,17)(H,18,19). The quantitative estimate of drug-likeness (QED) is 0.734. The fourth-order valence-electron chi connectivity index (χ4n) is 1.45. The minimum Gasteiger partial charge on any atom is -0.298 e. The SMILES string of the molecule is C=C(NNC(=O)c1cc(C)[nH]n1)c1ccc(F)cc1. The molecule has 3 N–H and O–H groups in total. The van der Waals surface area contributed by atoms with Gasteiger partial charge >= 0.3 is 0 Å². The van der Waals surface area contributed by atoms with Crippen LogP contribution in [0.1, 0.15) is 21.7 Å². The van der Waals surface area contributed by atoms with Gasteiger partial charge in [0.25, 0.3) is 5.91 Å². The van der Waals surface area contributed by atoms with E-state index < -0.39 is 0 Å². The molecule has 0 radical (unpaired) electrons. The largest absolute Gasteiger partial charge is 0.298 e. The smallest absolute Gasteiger partial charge is 0.290 e. The zero-order chi connectivity index (χ0) is 13.8. The van der Waals surface area contributed by atoms with E-state index >= 15 is 0 Å². The van der Waals surface area contributed by atoms with E-state index in [9.17, 15) is 9.18 Å². The number of benzene rings is 1. The number of carbonyl (C=O) groups excluding carboxylic acids is 1. The summed E-state index contributed by atoms with van der Waals surface area (Å²) in [5.41, 5.74) is 7.32. The zero-order valence-corrected chi connectivity index (χ0v) is 10.3. The summed E-state index contributed by atoms with van der Waals surface area (Å²) in [6.07, 6.45) is 0. The molecule has 1 heterocycles. The molecule has 0 saturated carbocycles. The van der Waals surface area contributed by atoms with E-state index in [0.717, 1.165) is 5.69 Å². The highest BCUT2D eigenvalue weighted by Gasteiger charge is 2.09. The highest BCUT2D eigenvalue weighted by Crippen LogP contribution is 2.09. The van der Waals surface area contributed by atoms with Gasteiger partial charge in [-0.1, -0.05) is 6.58 Å². The summed E-state index contributed by atoms with van der Waals surface area (Å²) in [6, 6.07) is 7.39. The second-order valence-corrected chi connectivity index (χ2v) is 4.00. The second-order valence-electron chi connectivity index (χ2n) is 4.00. The third-order valence-electron chi connectivity index (χ3n) is 2.46. The molecule has 0 unspecified atom stereocenters. The molecule has 1 aromatic heterocycles. The minimum atomic E-state index is -0.382. The predicted molar refractivity (Wildman–Crippen MR) is 69.4 cm³/mol. The van der Waals surface area contributed by atoms with Gasteiger partial charge in [0.1, 0.15) is 5.82 Å². The van der Waals surface area contributed by atoms with Gasteiger partial charge in [0.2, 0.25) is 0 Å². The number of halogens is 1. The average Bonchev–Trinajstić information content (AvgIpc) is 2.83. The van der Waals surface area contributed by atoms with Gasteiger partial charge in [-0.05, 0) is 42.8 Å². The normalized spacial score (nSPS) is 10.0. The summed E-state index contributed by atoms with van der Waals surface area (Å²) in [5, 5.41) is 6.49. The van der Waals surface area contributed by atoms with E-state index in [1.165, 1.54) is 12.1 Å². The third-order valence-corrected chi connectivity index (χ3v) is 2.46. The van der Waals surface area contributed by atoms with Crippen LogP contribution in [0.15, 0.2) is 36.9 Å². The molecule has 1 amide bonds. The molecular formula is C13H13FN4O. The number of hydrogen-bond acceptors (Lipinski definition) is 3. The number of rotatable bonds is 4. The van der Waals surface area contributed by atoms with Crippen molar-refractivity contribution < 1.29 is 9.18 Å². The Balaban J connectivity index is 1.93. The first-order valence-corrected chi connectivity index (χ1v) is 5.59. The number of aromatic nitrogens is 2. The lowest BCUT2D eigenvalue weighted by Gasteiger charge is -2.10. The van der Waals surface area contributed by atoms with Gasteiger partial charge < -0.3 is 0 Å². The van der Waals surface area contributed by atoms with Crippen molar-refractivity contribution in [3.63, 3.8) is 0 Å². The van der Waals surface area contributed by atoms with Gasteiger partial charge in [-0.3, -0.25) is 20.7 Å². The lowest BCUT2D eigenvalue weighted by molar-refractivity contribution is 0.0937. The van der Waals surface area contributed by atoms with Gasteiger partial charge in [0.05, 0.1) is 5.70 Å². The van der Waals surface area contributed by atoms with E-state index in [0.29, 0.717) is 11.3 Å². The van der Waals surface area contributed by atoms with Crippen molar-refractivity contribution in [3.05, 3.63) is 59.7 Å². The van der Waals surface area contributed by atoms with Gasteiger partial charge in [0.15, 0.2) is 5.69 Å². The Morgan fingerprint density at radius 1 is 1.32 bits per heavy atom. The van der Waals surface area contributed by atoms with Crippen LogP contribution in [0.3, 0.4) is 0 Å². The van der Waals surface area contributed by atoms with Gasteiger partial charge in [0, 0.05) is 5.69 Å². The predicted octanol–water partition coefficient (Wildman–Crippen LogP) is 1.76. The van der Waals surface area contributed by atoms with Crippen LogP contribution in [0, 0.1) is 12.7 Å². The Labute approximate surface area is 109 Å². The molecule has 19 heavy (non-hydrogen) atoms. The van der Waals surface area contributed by atoms with Crippen LogP contribution in [0.5, 0.6) is 0 Å². The molecule has 0 aliphatic rings. The van der Waals surface area contributed by atoms with Crippen molar-refractivity contribution in [1.82, 2.24) is 21.0 Å². The second kappa shape index (κ2) is 5.34. The first kappa shape index (κ1) is 12.8. The molecular weight excluding hydrogens is 247 g/mol. The average molecular weight is 260 g/mol. The maximum atomic E-state index is 12.8. The van der Waals surface area contributed by atoms with Crippen molar-refractivity contribution in [3.8, 4) is 0 Å². The lowest BCUT2D eigenvalue weighted by Crippen LogP contribution is -2.36. The van der Waals surface area contributed by atoms with Crippen molar-refractivity contribution in [2.75, 3.05) is 0 Å². The van der Waals surface area contributed by atoms with E-state index in [2.05, 4.69) is 27.6 Å². The molecule has 5 nitrogen and oxygen atoms in total. The number of carbonyl (C=O) groups is 1. The summed E-state index contributed by atoms with van der Waals surface area (Å²) in [4.78, 5) is 11.7. The maximum Gasteiger partial charge on any atom is 0.290 e. The Hall–Kier alpha value is -2.63. The van der Waals surface area contributed by atoms with Crippen molar-refractivity contribution in [2.45, 2.75) is 6.92 Å². The van der Waals surface area contributed by atoms with Crippen molar-refractivity contribution in [2.24, 2.45) is 0 Å². The molecule has 0 aliphatic carbocycles. The van der Waals surface area contributed by atoms with Crippen molar-refractivity contribution in [1.29, 1.82) is 0 Å². The highest BCUT2D eigenvalue weighted by molar-refractivity contribution is 5.92. The molecule has 0 atom stereocenters. The summed E-state index contributed by atoms with van der Waals surface area (Å²) in [6.45, 7) is 5.55.